The second-order valence-electron chi connectivity index (χ2n) is 3.84. The number of nitrogens with one attached hydrogen (secondary N) is 1. The van der Waals surface area contributed by atoms with E-state index in [-0.39, 0.29) is 0 Å². The van der Waals surface area contributed by atoms with E-state index in [2.05, 4.69) is 60.8 Å². The van der Waals surface area contributed by atoms with Crippen molar-refractivity contribution >= 4 is 17.4 Å². The van der Waals surface area contributed by atoms with Gasteiger partial charge in [-0.2, -0.15) is 0 Å². The van der Waals surface area contributed by atoms with Crippen molar-refractivity contribution < 1.29 is 0 Å². The molecule has 2 heteroatoms. The van der Waals surface area contributed by atoms with Crippen molar-refractivity contribution in [1.29, 1.82) is 0 Å². The Morgan fingerprint density at radius 3 is 2.41 bits per heavy atom. The number of rotatable bonds is 5. The van der Waals surface area contributed by atoms with Gasteiger partial charge >= 0.3 is 0 Å². The predicted octanol–water partition coefficient (Wildman–Crippen LogP) is 4.66. The summed E-state index contributed by atoms with van der Waals surface area (Å²) in [6.45, 7) is 3.20. The highest BCUT2D eigenvalue weighted by Crippen LogP contribution is 2.32. The number of hydrogen-bond acceptors (Lipinski definition) is 2. The lowest BCUT2D eigenvalue weighted by Crippen LogP contribution is -2.00. The molecule has 1 nitrogen and oxygen atoms in total. The minimum absolute atomic E-state index is 1.02. The SMILES string of the molecule is CCCNc1ccccc1Sc1ccccc1. The predicted molar refractivity (Wildman–Crippen MR) is 75.8 cm³/mol. The third-order valence-corrected chi connectivity index (χ3v) is 3.51. The molecule has 0 radical (unpaired) electrons. The quantitative estimate of drug-likeness (QED) is 0.819. The Kier molecular flexibility index (Phi) is 4.51. The van der Waals surface area contributed by atoms with Crippen LogP contribution in [-0.4, -0.2) is 6.54 Å². The maximum absolute atomic E-state index is 3.46. The highest BCUT2D eigenvalue weighted by atomic mass is 32.2. The van der Waals surface area contributed by atoms with Crippen LogP contribution in [0.4, 0.5) is 5.69 Å². The zero-order chi connectivity index (χ0) is 11.9. The molecule has 0 bridgehead atoms. The third kappa shape index (κ3) is 3.53. The number of anilines is 1. The molecule has 0 aliphatic heterocycles. The largest absolute Gasteiger partial charge is 0.384 e. The topological polar surface area (TPSA) is 12.0 Å². The Labute approximate surface area is 107 Å². The first kappa shape index (κ1) is 12.1. The van der Waals surface area contributed by atoms with Gasteiger partial charge in [0.2, 0.25) is 0 Å². The number of hydrogen-bond donors (Lipinski definition) is 1. The summed E-state index contributed by atoms with van der Waals surface area (Å²) in [6.07, 6.45) is 1.14. The van der Waals surface area contributed by atoms with E-state index in [4.69, 9.17) is 0 Å². The maximum Gasteiger partial charge on any atom is 0.0482 e. The molecule has 0 spiro atoms. The first-order valence-electron chi connectivity index (χ1n) is 5.96. The van der Waals surface area contributed by atoms with Gasteiger partial charge in [0.15, 0.2) is 0 Å². The van der Waals surface area contributed by atoms with Gasteiger partial charge in [0, 0.05) is 22.0 Å². The second-order valence-corrected chi connectivity index (χ2v) is 4.95. The fourth-order valence-electron chi connectivity index (χ4n) is 1.58. The summed E-state index contributed by atoms with van der Waals surface area (Å²) in [6, 6.07) is 18.9. The van der Waals surface area contributed by atoms with E-state index in [9.17, 15) is 0 Å². The molecule has 0 atom stereocenters. The van der Waals surface area contributed by atoms with E-state index in [0.29, 0.717) is 0 Å². The Bertz CT molecular complexity index is 453. The van der Waals surface area contributed by atoms with E-state index in [1.165, 1.54) is 15.5 Å². The number of para-hydroxylation sites is 1. The van der Waals surface area contributed by atoms with Gasteiger partial charge in [0.05, 0.1) is 0 Å². The first-order valence-corrected chi connectivity index (χ1v) is 6.77. The van der Waals surface area contributed by atoms with Crippen molar-refractivity contribution in [2.75, 3.05) is 11.9 Å². The summed E-state index contributed by atoms with van der Waals surface area (Å²) in [4.78, 5) is 2.56. The van der Waals surface area contributed by atoms with Crippen LogP contribution in [0.2, 0.25) is 0 Å². The monoisotopic (exact) mass is 243 g/mol. The average Bonchev–Trinajstić information content (AvgIpc) is 2.39. The molecule has 0 unspecified atom stereocenters. The Morgan fingerprint density at radius 1 is 0.941 bits per heavy atom. The molecule has 0 saturated carbocycles. The Hall–Kier alpha value is -1.41. The van der Waals surface area contributed by atoms with Gasteiger partial charge in [0.1, 0.15) is 0 Å². The molecule has 0 aromatic heterocycles. The van der Waals surface area contributed by atoms with E-state index >= 15 is 0 Å². The molecule has 17 heavy (non-hydrogen) atoms. The van der Waals surface area contributed by atoms with Crippen molar-refractivity contribution in [3.05, 3.63) is 54.6 Å². The van der Waals surface area contributed by atoms with Crippen molar-refractivity contribution in [2.45, 2.75) is 23.1 Å². The summed E-state index contributed by atoms with van der Waals surface area (Å²) in [7, 11) is 0. The van der Waals surface area contributed by atoms with Crippen molar-refractivity contribution in [3.8, 4) is 0 Å². The third-order valence-electron chi connectivity index (χ3n) is 2.42. The van der Waals surface area contributed by atoms with Crippen LogP contribution < -0.4 is 5.32 Å². The lowest BCUT2D eigenvalue weighted by atomic mass is 10.3. The molecule has 0 heterocycles. The van der Waals surface area contributed by atoms with Crippen molar-refractivity contribution in [2.24, 2.45) is 0 Å². The summed E-state index contributed by atoms with van der Waals surface area (Å²) in [5.41, 5.74) is 1.23. The standard InChI is InChI=1S/C15H17NS/c1-2-12-16-14-10-6-7-11-15(14)17-13-8-4-3-5-9-13/h3-11,16H,2,12H2,1H3. The van der Waals surface area contributed by atoms with Crippen LogP contribution >= 0.6 is 11.8 Å². The minimum atomic E-state index is 1.02. The van der Waals surface area contributed by atoms with Gasteiger partial charge in [-0.05, 0) is 30.7 Å². The summed E-state index contributed by atoms with van der Waals surface area (Å²) >= 11 is 1.80. The summed E-state index contributed by atoms with van der Waals surface area (Å²) in [5.74, 6) is 0. The molecule has 0 amide bonds. The van der Waals surface area contributed by atoms with Crippen LogP contribution in [0.1, 0.15) is 13.3 Å². The van der Waals surface area contributed by atoms with Gasteiger partial charge in [-0.1, -0.05) is 49.0 Å². The molecular formula is C15H17NS. The molecule has 0 fully saturated rings. The lowest BCUT2D eigenvalue weighted by molar-refractivity contribution is 0.974. The lowest BCUT2D eigenvalue weighted by Gasteiger charge is -2.10. The van der Waals surface area contributed by atoms with Crippen LogP contribution in [0.25, 0.3) is 0 Å². The highest BCUT2D eigenvalue weighted by Gasteiger charge is 2.02. The van der Waals surface area contributed by atoms with E-state index in [1.807, 2.05) is 6.07 Å². The smallest absolute Gasteiger partial charge is 0.0482 e. The van der Waals surface area contributed by atoms with Gasteiger partial charge in [-0.3, -0.25) is 0 Å². The molecule has 0 aliphatic carbocycles. The zero-order valence-electron chi connectivity index (χ0n) is 10.0. The van der Waals surface area contributed by atoms with E-state index in [0.717, 1.165) is 13.0 Å². The molecule has 2 aromatic carbocycles. The van der Waals surface area contributed by atoms with Crippen molar-refractivity contribution in [3.63, 3.8) is 0 Å². The molecule has 2 aromatic rings. The Morgan fingerprint density at radius 2 is 1.65 bits per heavy atom. The van der Waals surface area contributed by atoms with Crippen LogP contribution in [0.5, 0.6) is 0 Å². The van der Waals surface area contributed by atoms with Gasteiger partial charge < -0.3 is 5.32 Å². The first-order chi connectivity index (χ1) is 8.40. The molecule has 0 aliphatic rings. The minimum Gasteiger partial charge on any atom is -0.384 e. The van der Waals surface area contributed by atoms with Crippen LogP contribution in [-0.2, 0) is 0 Å². The zero-order valence-corrected chi connectivity index (χ0v) is 10.8. The summed E-state index contributed by atoms with van der Waals surface area (Å²) < 4.78 is 0. The van der Waals surface area contributed by atoms with Crippen LogP contribution in [0.15, 0.2) is 64.4 Å². The Balaban J connectivity index is 2.15. The molecular weight excluding hydrogens is 226 g/mol. The molecule has 88 valence electrons. The van der Waals surface area contributed by atoms with E-state index < -0.39 is 0 Å². The van der Waals surface area contributed by atoms with E-state index in [1.54, 1.807) is 11.8 Å². The summed E-state index contributed by atoms with van der Waals surface area (Å²) in [5, 5.41) is 3.46. The fraction of sp³-hybridized carbons (Fsp3) is 0.200. The highest BCUT2D eigenvalue weighted by molar-refractivity contribution is 7.99. The van der Waals surface area contributed by atoms with Crippen LogP contribution in [0.3, 0.4) is 0 Å². The van der Waals surface area contributed by atoms with Gasteiger partial charge in [-0.25, -0.2) is 0 Å². The fourth-order valence-corrected chi connectivity index (χ4v) is 2.52. The van der Waals surface area contributed by atoms with Gasteiger partial charge in [-0.15, -0.1) is 0 Å². The maximum atomic E-state index is 3.46. The van der Waals surface area contributed by atoms with Gasteiger partial charge in [0.25, 0.3) is 0 Å². The van der Waals surface area contributed by atoms with Crippen LogP contribution in [0, 0.1) is 0 Å². The molecule has 1 N–H and O–H groups in total. The normalized spacial score (nSPS) is 10.2. The average molecular weight is 243 g/mol. The molecule has 2 rings (SSSR count). The second kappa shape index (κ2) is 6.36. The molecule has 0 saturated heterocycles. The van der Waals surface area contributed by atoms with Crippen molar-refractivity contribution in [1.82, 2.24) is 0 Å². The number of benzene rings is 2.